The Bertz CT molecular complexity index is 1230. The van der Waals surface area contributed by atoms with Crippen molar-refractivity contribution in [3.63, 3.8) is 0 Å². The van der Waals surface area contributed by atoms with Gasteiger partial charge in [0.15, 0.2) is 0 Å². The molecule has 0 saturated heterocycles. The smallest absolute Gasteiger partial charge is 0.221 e. The van der Waals surface area contributed by atoms with E-state index in [0.29, 0.717) is 35.8 Å². The Morgan fingerprint density at radius 3 is 2.63 bits per heavy atom. The van der Waals surface area contributed by atoms with Crippen LogP contribution in [0.1, 0.15) is 16.7 Å². The molecule has 0 aliphatic heterocycles. The van der Waals surface area contributed by atoms with E-state index in [-0.39, 0.29) is 5.95 Å². The van der Waals surface area contributed by atoms with Gasteiger partial charge in [-0.3, -0.25) is 0 Å². The summed E-state index contributed by atoms with van der Waals surface area (Å²) in [6.45, 7) is 1.13. The summed E-state index contributed by atoms with van der Waals surface area (Å²) in [6, 6.07) is 19.2. The number of rotatable bonds is 6. The maximum atomic E-state index is 9.13. The molecular weight excluding hydrogens is 378 g/mol. The fourth-order valence-corrected chi connectivity index (χ4v) is 3.16. The van der Waals surface area contributed by atoms with Crippen LogP contribution in [0.25, 0.3) is 22.6 Å². The number of hydrogen-bond donors (Lipinski definition) is 1. The number of hydrogen-bond acceptors (Lipinski definition) is 7. The van der Waals surface area contributed by atoms with Gasteiger partial charge in [-0.15, -0.1) is 5.10 Å². The third kappa shape index (κ3) is 4.32. The summed E-state index contributed by atoms with van der Waals surface area (Å²) < 4.78 is 6.94. The monoisotopic (exact) mass is 397 g/mol. The minimum absolute atomic E-state index is 0.131. The van der Waals surface area contributed by atoms with E-state index >= 15 is 0 Å². The molecule has 8 heteroatoms. The largest absolute Gasteiger partial charge is 0.380 e. The van der Waals surface area contributed by atoms with E-state index in [4.69, 9.17) is 15.7 Å². The van der Waals surface area contributed by atoms with Crippen LogP contribution in [0.2, 0.25) is 0 Å². The first kappa shape index (κ1) is 19.2. The zero-order valence-corrected chi connectivity index (χ0v) is 16.4. The lowest BCUT2D eigenvalue weighted by atomic mass is 10.1. The Labute approximate surface area is 173 Å². The van der Waals surface area contributed by atoms with Gasteiger partial charge in [0.2, 0.25) is 5.95 Å². The summed E-state index contributed by atoms with van der Waals surface area (Å²) in [5, 5.41) is 17.6. The van der Waals surface area contributed by atoms with Crippen molar-refractivity contribution in [2.45, 2.75) is 13.2 Å². The second-order valence-electron chi connectivity index (χ2n) is 6.74. The van der Waals surface area contributed by atoms with Crippen LogP contribution in [0.15, 0.2) is 60.8 Å². The number of nitrogen functional groups attached to an aromatic ring is 1. The first-order valence-electron chi connectivity index (χ1n) is 9.27. The van der Waals surface area contributed by atoms with Crippen molar-refractivity contribution < 1.29 is 4.74 Å². The molecule has 8 nitrogen and oxygen atoms in total. The summed E-state index contributed by atoms with van der Waals surface area (Å²) in [6.07, 6.45) is 1.82. The molecule has 2 aromatic heterocycles. The fraction of sp³-hybridized carbons (Fsp3) is 0.136. The third-order valence-corrected chi connectivity index (χ3v) is 4.48. The van der Waals surface area contributed by atoms with Gasteiger partial charge in [0.05, 0.1) is 42.4 Å². The molecule has 148 valence electrons. The van der Waals surface area contributed by atoms with Crippen LogP contribution < -0.4 is 5.73 Å². The van der Waals surface area contributed by atoms with Gasteiger partial charge in [-0.05, 0) is 29.3 Å². The van der Waals surface area contributed by atoms with Gasteiger partial charge in [0.25, 0.3) is 0 Å². The zero-order chi connectivity index (χ0) is 20.9. The van der Waals surface area contributed by atoms with Crippen LogP contribution >= 0.6 is 0 Å². The molecule has 2 heterocycles. The van der Waals surface area contributed by atoms with Gasteiger partial charge >= 0.3 is 0 Å². The third-order valence-electron chi connectivity index (χ3n) is 4.48. The van der Waals surface area contributed by atoms with Crippen molar-refractivity contribution in [2.24, 2.45) is 0 Å². The molecular formula is C22H19N7O. The molecule has 0 atom stereocenters. The van der Waals surface area contributed by atoms with Gasteiger partial charge in [-0.2, -0.15) is 5.26 Å². The van der Waals surface area contributed by atoms with Gasteiger partial charge in [0.1, 0.15) is 5.69 Å². The Morgan fingerprint density at radius 1 is 1.00 bits per heavy atom. The Morgan fingerprint density at radius 2 is 1.80 bits per heavy atom. The SMILES string of the molecule is COCc1cccc(Cn2cc(-c3cc(-c4cccc(C#N)c4)nc(N)n3)nn2)c1. The fourth-order valence-electron chi connectivity index (χ4n) is 3.16. The summed E-state index contributed by atoms with van der Waals surface area (Å²) in [5.41, 5.74) is 11.2. The molecule has 4 aromatic rings. The summed E-state index contributed by atoms with van der Waals surface area (Å²) >= 11 is 0. The Kier molecular flexibility index (Phi) is 5.46. The lowest BCUT2D eigenvalue weighted by Crippen LogP contribution is -2.01. The molecule has 0 aliphatic carbocycles. The minimum Gasteiger partial charge on any atom is -0.380 e. The van der Waals surface area contributed by atoms with Crippen molar-refractivity contribution >= 4 is 5.95 Å². The number of benzene rings is 2. The van der Waals surface area contributed by atoms with Crippen molar-refractivity contribution in [2.75, 3.05) is 12.8 Å². The summed E-state index contributed by atoms with van der Waals surface area (Å²) in [7, 11) is 1.68. The second-order valence-corrected chi connectivity index (χ2v) is 6.74. The minimum atomic E-state index is 0.131. The molecule has 0 radical (unpaired) electrons. The van der Waals surface area contributed by atoms with Crippen molar-refractivity contribution in [1.82, 2.24) is 25.0 Å². The van der Waals surface area contributed by atoms with E-state index in [2.05, 4.69) is 32.4 Å². The number of ether oxygens (including phenoxy) is 1. The Balaban J connectivity index is 1.61. The highest BCUT2D eigenvalue weighted by Gasteiger charge is 2.11. The van der Waals surface area contributed by atoms with Crippen molar-refractivity contribution in [3.05, 3.63) is 77.5 Å². The van der Waals surface area contributed by atoms with E-state index in [1.165, 1.54) is 0 Å². The highest BCUT2D eigenvalue weighted by Crippen LogP contribution is 2.24. The molecule has 0 aliphatic rings. The maximum absolute atomic E-state index is 9.13. The van der Waals surface area contributed by atoms with Crippen molar-refractivity contribution in [3.8, 4) is 28.7 Å². The topological polar surface area (TPSA) is 116 Å². The molecule has 0 spiro atoms. The molecule has 0 fully saturated rings. The normalized spacial score (nSPS) is 10.7. The molecule has 0 unspecified atom stereocenters. The molecule has 4 rings (SSSR count). The summed E-state index contributed by atoms with van der Waals surface area (Å²) in [4.78, 5) is 8.60. The number of anilines is 1. The molecule has 0 amide bonds. The summed E-state index contributed by atoms with van der Waals surface area (Å²) in [5.74, 6) is 0.131. The van der Waals surface area contributed by atoms with Crippen LogP contribution in [-0.2, 0) is 17.9 Å². The van der Waals surface area contributed by atoms with Crippen LogP contribution in [0.4, 0.5) is 5.95 Å². The van der Waals surface area contributed by atoms with E-state index in [9.17, 15) is 0 Å². The van der Waals surface area contributed by atoms with Gasteiger partial charge in [-0.1, -0.05) is 41.6 Å². The lowest BCUT2D eigenvalue weighted by Gasteiger charge is -2.05. The standard InChI is InChI=1S/C22H19N7O/c1-30-14-17-6-2-5-16(8-17)12-29-13-21(27-28-29)20-10-19(25-22(24)26-20)18-7-3-4-15(9-18)11-23/h2-10,13H,12,14H2,1H3,(H2,24,25,26). The quantitative estimate of drug-likeness (QED) is 0.531. The average Bonchev–Trinajstić information content (AvgIpc) is 3.22. The van der Waals surface area contributed by atoms with Crippen LogP contribution in [0, 0.1) is 11.3 Å². The average molecular weight is 397 g/mol. The molecule has 2 aromatic carbocycles. The van der Waals surface area contributed by atoms with E-state index in [1.807, 2.05) is 30.5 Å². The first-order valence-corrected chi connectivity index (χ1v) is 9.27. The zero-order valence-electron chi connectivity index (χ0n) is 16.4. The maximum Gasteiger partial charge on any atom is 0.221 e. The number of methoxy groups -OCH3 is 1. The highest BCUT2D eigenvalue weighted by atomic mass is 16.5. The van der Waals surface area contributed by atoms with Crippen molar-refractivity contribution in [1.29, 1.82) is 5.26 Å². The molecule has 30 heavy (non-hydrogen) atoms. The predicted molar refractivity (Wildman–Crippen MR) is 112 cm³/mol. The van der Waals surface area contributed by atoms with Crippen LogP contribution in [0.3, 0.4) is 0 Å². The first-order chi connectivity index (χ1) is 14.6. The molecule has 0 bridgehead atoms. The van der Waals surface area contributed by atoms with E-state index in [1.54, 1.807) is 36.1 Å². The van der Waals surface area contributed by atoms with Crippen LogP contribution in [0.5, 0.6) is 0 Å². The van der Waals surface area contributed by atoms with E-state index < -0.39 is 0 Å². The van der Waals surface area contributed by atoms with E-state index in [0.717, 1.165) is 16.7 Å². The number of nitrogens with two attached hydrogens (primary N) is 1. The number of aromatic nitrogens is 5. The highest BCUT2D eigenvalue weighted by molar-refractivity contribution is 5.68. The Hall–Kier alpha value is -4.09. The predicted octanol–water partition coefficient (Wildman–Crippen LogP) is 3.05. The second kappa shape index (κ2) is 8.51. The number of nitriles is 1. The van der Waals surface area contributed by atoms with Gasteiger partial charge < -0.3 is 10.5 Å². The van der Waals surface area contributed by atoms with Gasteiger partial charge in [0, 0.05) is 12.7 Å². The van der Waals surface area contributed by atoms with Crippen LogP contribution in [-0.4, -0.2) is 32.1 Å². The molecule has 2 N–H and O–H groups in total. The van der Waals surface area contributed by atoms with Gasteiger partial charge in [-0.25, -0.2) is 14.6 Å². The molecule has 0 saturated carbocycles. The lowest BCUT2D eigenvalue weighted by molar-refractivity contribution is 0.185. The number of nitrogens with zero attached hydrogens (tertiary/aromatic N) is 6.